The fraction of sp³-hybridized carbons (Fsp3) is 0.0656. The molecule has 0 fully saturated rings. The molecule has 9 aromatic carbocycles. The quantitative estimate of drug-likeness (QED) is 0.167. The van der Waals surface area contributed by atoms with Gasteiger partial charge in [0.2, 0.25) is 0 Å². The molecule has 0 N–H and O–H groups in total. The molecule has 1 aliphatic rings. The Morgan fingerprint density at radius 1 is 0.348 bits per heavy atom. The lowest BCUT2D eigenvalue weighted by atomic mass is 9.63. The van der Waals surface area contributed by atoms with Gasteiger partial charge in [-0.05, 0) is 76.3 Å². The summed E-state index contributed by atoms with van der Waals surface area (Å²) < 4.78 is 4.88. The molecule has 0 amide bonds. The monoisotopic (exact) mass is 845 g/mol. The molecule has 0 aliphatic heterocycles. The molecule has 0 saturated carbocycles. The first-order valence-corrected chi connectivity index (χ1v) is 22.7. The largest absolute Gasteiger partial charge is 0.309 e. The Bertz CT molecular complexity index is 3510. The van der Waals surface area contributed by atoms with Crippen LogP contribution in [0, 0.1) is 0 Å². The highest BCUT2D eigenvalue weighted by Gasteiger charge is 2.39. The lowest BCUT2D eigenvalue weighted by Gasteiger charge is -2.40. The summed E-state index contributed by atoms with van der Waals surface area (Å²) in [4.78, 5) is 15.1. The summed E-state index contributed by atoms with van der Waals surface area (Å²) in [7, 11) is 0. The second-order valence-corrected chi connectivity index (χ2v) is 18.0. The van der Waals surface area contributed by atoms with Crippen LogP contribution in [-0.2, 0) is 5.41 Å². The third kappa shape index (κ3) is 5.90. The summed E-state index contributed by atoms with van der Waals surface area (Å²) in [5.74, 6) is 1.93. The zero-order chi connectivity index (χ0) is 43.9. The van der Waals surface area contributed by atoms with E-state index in [1.54, 1.807) is 0 Å². The Hall–Kier alpha value is -8.41. The normalized spacial score (nSPS) is 13.4. The fourth-order valence-electron chi connectivity index (χ4n) is 10.8. The molecule has 0 radical (unpaired) electrons. The van der Waals surface area contributed by atoms with E-state index >= 15 is 0 Å². The van der Waals surface area contributed by atoms with Gasteiger partial charge in [0.15, 0.2) is 17.5 Å². The molecule has 5 heteroatoms. The van der Waals surface area contributed by atoms with Gasteiger partial charge in [0.05, 0.1) is 22.1 Å². The van der Waals surface area contributed by atoms with Gasteiger partial charge in [0.1, 0.15) is 0 Å². The van der Waals surface area contributed by atoms with Gasteiger partial charge in [-0.25, -0.2) is 15.0 Å². The number of fused-ring (bicyclic) bond motifs is 8. The van der Waals surface area contributed by atoms with Crippen molar-refractivity contribution in [3.8, 4) is 45.5 Å². The molecular weight excluding hydrogens is 803 g/mol. The third-order valence-electron chi connectivity index (χ3n) is 13.9. The number of rotatable bonds is 6. The molecule has 66 heavy (non-hydrogen) atoms. The number of para-hydroxylation sites is 4. The van der Waals surface area contributed by atoms with Crippen molar-refractivity contribution in [1.29, 1.82) is 0 Å². The lowest BCUT2D eigenvalue weighted by Crippen LogP contribution is -2.30. The number of hydrogen-bond donors (Lipinski definition) is 0. The molecule has 0 bridgehead atoms. The van der Waals surface area contributed by atoms with E-state index in [0.717, 1.165) is 28.1 Å². The minimum atomic E-state index is -0.336. The van der Waals surface area contributed by atoms with Crippen LogP contribution in [0.2, 0.25) is 0 Å². The maximum Gasteiger partial charge on any atom is 0.164 e. The van der Waals surface area contributed by atoms with Crippen molar-refractivity contribution < 1.29 is 0 Å². The zero-order valence-electron chi connectivity index (χ0n) is 36.6. The predicted octanol–water partition coefficient (Wildman–Crippen LogP) is 14.9. The standard InChI is InChI=1S/C61H43N5/c1-61(2)51-37-43(65-53-25-13-9-21-45(53)46-22-10-14-26-54(46)65)33-35-49(51)57(50-36-34-44(38-52(50)61)66-55-27-15-11-23-47(55)48-24-12-16-28-56(48)66)39-29-31-42(32-30-39)60-63-58(40-17-5-3-6-18-40)62-59(64-60)41-19-7-4-8-20-41/h3-38,57H,1-2H3. The topological polar surface area (TPSA) is 48.5 Å². The second kappa shape index (κ2) is 14.8. The molecule has 0 saturated heterocycles. The Morgan fingerprint density at radius 3 is 1.06 bits per heavy atom. The van der Waals surface area contributed by atoms with Gasteiger partial charge in [-0.15, -0.1) is 0 Å². The Morgan fingerprint density at radius 2 is 0.682 bits per heavy atom. The highest BCUT2D eigenvalue weighted by molar-refractivity contribution is 6.10. The summed E-state index contributed by atoms with van der Waals surface area (Å²) in [6.45, 7) is 4.81. The van der Waals surface area contributed by atoms with Crippen LogP contribution in [0.5, 0.6) is 0 Å². The van der Waals surface area contributed by atoms with Gasteiger partial charge in [-0.3, -0.25) is 0 Å². The molecule has 3 aromatic heterocycles. The minimum Gasteiger partial charge on any atom is -0.309 e. The van der Waals surface area contributed by atoms with Crippen LogP contribution in [0.15, 0.2) is 218 Å². The van der Waals surface area contributed by atoms with Crippen LogP contribution >= 0.6 is 0 Å². The first-order valence-electron chi connectivity index (χ1n) is 22.7. The Balaban J connectivity index is 1.00. The van der Waals surface area contributed by atoms with Crippen LogP contribution < -0.4 is 0 Å². The molecule has 3 heterocycles. The van der Waals surface area contributed by atoms with Crippen LogP contribution in [0.4, 0.5) is 0 Å². The number of nitrogens with zero attached hydrogens (tertiary/aromatic N) is 5. The van der Waals surface area contributed by atoms with Gasteiger partial charge in [-0.1, -0.05) is 184 Å². The summed E-state index contributed by atoms with van der Waals surface area (Å²) in [6, 6.07) is 78.7. The SMILES string of the molecule is CC1(C)c2cc(-n3c4ccccc4c4ccccc43)ccc2C(c2ccc(-c3nc(-c4ccccc4)nc(-c4ccccc4)n3)cc2)c2ccc(-n3c4ccccc4c4ccccc43)cc21. The smallest absolute Gasteiger partial charge is 0.164 e. The summed E-state index contributed by atoms with van der Waals surface area (Å²) in [5, 5.41) is 5.03. The molecule has 13 rings (SSSR count). The van der Waals surface area contributed by atoms with E-state index in [0.29, 0.717) is 17.5 Å². The van der Waals surface area contributed by atoms with Crippen LogP contribution in [0.3, 0.4) is 0 Å². The predicted molar refractivity (Wildman–Crippen MR) is 271 cm³/mol. The number of aromatic nitrogens is 5. The van der Waals surface area contributed by atoms with Crippen LogP contribution in [0.1, 0.15) is 47.6 Å². The van der Waals surface area contributed by atoms with Crippen LogP contribution in [-0.4, -0.2) is 24.1 Å². The highest BCUT2D eigenvalue weighted by atomic mass is 15.0. The summed E-state index contributed by atoms with van der Waals surface area (Å²) in [6.07, 6.45) is 0. The minimum absolute atomic E-state index is 0.0189. The van der Waals surface area contributed by atoms with Crippen LogP contribution in [0.25, 0.3) is 89.2 Å². The Labute approximate surface area is 383 Å². The average molecular weight is 846 g/mol. The van der Waals surface area contributed by atoms with Gasteiger partial charge >= 0.3 is 0 Å². The summed E-state index contributed by atoms with van der Waals surface area (Å²) in [5.41, 5.74) is 16.1. The van der Waals surface area contributed by atoms with Crippen molar-refractivity contribution in [2.45, 2.75) is 25.2 Å². The molecule has 5 nitrogen and oxygen atoms in total. The molecule has 0 atom stereocenters. The van der Waals surface area contributed by atoms with E-state index in [4.69, 9.17) is 15.0 Å². The first-order chi connectivity index (χ1) is 32.5. The van der Waals surface area contributed by atoms with Crippen molar-refractivity contribution in [1.82, 2.24) is 24.1 Å². The Kier molecular flexibility index (Phi) is 8.56. The molecule has 12 aromatic rings. The molecule has 0 unspecified atom stereocenters. The van der Waals surface area contributed by atoms with Gasteiger partial charge in [0, 0.05) is 60.9 Å². The number of hydrogen-bond acceptors (Lipinski definition) is 3. The maximum absolute atomic E-state index is 5.06. The van der Waals surface area contributed by atoms with Crippen molar-refractivity contribution in [2.75, 3.05) is 0 Å². The van der Waals surface area contributed by atoms with E-state index in [9.17, 15) is 0 Å². The first kappa shape index (κ1) is 38.1. The van der Waals surface area contributed by atoms with Gasteiger partial charge in [0.25, 0.3) is 0 Å². The average Bonchev–Trinajstić information content (AvgIpc) is 3.90. The number of benzene rings is 9. The maximum atomic E-state index is 5.06. The lowest BCUT2D eigenvalue weighted by molar-refractivity contribution is 0.596. The highest BCUT2D eigenvalue weighted by Crippen LogP contribution is 2.51. The van der Waals surface area contributed by atoms with E-state index in [1.165, 1.54) is 71.4 Å². The second-order valence-electron chi connectivity index (χ2n) is 18.0. The van der Waals surface area contributed by atoms with E-state index in [2.05, 4.69) is 205 Å². The molecular formula is C61H43N5. The molecule has 1 aliphatic carbocycles. The van der Waals surface area contributed by atoms with Gasteiger partial charge in [-0.2, -0.15) is 0 Å². The van der Waals surface area contributed by atoms with Crippen molar-refractivity contribution >= 4 is 43.6 Å². The van der Waals surface area contributed by atoms with Crippen molar-refractivity contribution in [2.24, 2.45) is 0 Å². The van der Waals surface area contributed by atoms with Crippen molar-refractivity contribution in [3.05, 3.63) is 246 Å². The van der Waals surface area contributed by atoms with Gasteiger partial charge < -0.3 is 9.13 Å². The third-order valence-corrected chi connectivity index (χ3v) is 13.9. The van der Waals surface area contributed by atoms with E-state index in [1.807, 2.05) is 36.4 Å². The van der Waals surface area contributed by atoms with E-state index in [-0.39, 0.29) is 11.3 Å². The molecule has 312 valence electrons. The summed E-state index contributed by atoms with van der Waals surface area (Å²) >= 11 is 0. The van der Waals surface area contributed by atoms with Crippen molar-refractivity contribution in [3.63, 3.8) is 0 Å². The fourth-order valence-corrected chi connectivity index (χ4v) is 10.8. The zero-order valence-corrected chi connectivity index (χ0v) is 36.6. The molecule has 0 spiro atoms. The van der Waals surface area contributed by atoms with E-state index < -0.39 is 0 Å².